The lowest BCUT2D eigenvalue weighted by Crippen LogP contribution is -2.43. The van der Waals surface area contributed by atoms with Crippen LogP contribution >= 0.6 is 0 Å². The molecule has 0 aromatic rings. The quantitative estimate of drug-likeness (QED) is 0.698. The number of nitrogens with zero attached hydrogens (tertiary/aromatic N) is 3. The lowest BCUT2D eigenvalue weighted by molar-refractivity contribution is -0.130. The summed E-state index contributed by atoms with van der Waals surface area (Å²) in [6, 6.07) is 2.65. The van der Waals surface area contributed by atoms with Crippen LogP contribution in [0.3, 0.4) is 0 Å². The average Bonchev–Trinajstić information content (AvgIpc) is 2.53. The highest BCUT2D eigenvalue weighted by atomic mass is 16.2. The molecule has 0 heterocycles. The van der Waals surface area contributed by atoms with Crippen LogP contribution in [0.1, 0.15) is 32.1 Å². The maximum Gasteiger partial charge on any atom is 0.236 e. The first kappa shape index (κ1) is 14.0. The summed E-state index contributed by atoms with van der Waals surface area (Å²) >= 11 is 0. The Labute approximate surface area is 104 Å². The van der Waals surface area contributed by atoms with Gasteiger partial charge >= 0.3 is 0 Å². The second kappa shape index (κ2) is 6.61. The topological polar surface area (TPSA) is 47.3 Å². The van der Waals surface area contributed by atoms with E-state index in [0.29, 0.717) is 6.54 Å². The second-order valence-electron chi connectivity index (χ2n) is 5.14. The van der Waals surface area contributed by atoms with E-state index in [1.54, 1.807) is 19.0 Å². The maximum atomic E-state index is 11.7. The molecule has 4 nitrogen and oxygen atoms in total. The molecule has 0 bridgehead atoms. The van der Waals surface area contributed by atoms with Crippen LogP contribution in [0.4, 0.5) is 0 Å². The number of likely N-dealkylation sites (N-methyl/N-ethyl adjacent to an activating group) is 2. The molecule has 2 unspecified atom stereocenters. The molecule has 2 atom stereocenters. The molecule has 0 aliphatic heterocycles. The highest BCUT2D eigenvalue weighted by molar-refractivity contribution is 5.77. The van der Waals surface area contributed by atoms with Gasteiger partial charge in [0.05, 0.1) is 18.5 Å². The van der Waals surface area contributed by atoms with Crippen molar-refractivity contribution >= 4 is 5.91 Å². The fourth-order valence-electron chi connectivity index (χ4n) is 2.44. The predicted molar refractivity (Wildman–Crippen MR) is 67.3 cm³/mol. The SMILES string of the molecule is CN(C)C(=O)CN(C)C1CCCCCC1C#N. The van der Waals surface area contributed by atoms with Crippen LogP contribution < -0.4 is 0 Å². The zero-order valence-electron chi connectivity index (χ0n) is 11.1. The Morgan fingerprint density at radius 2 is 1.88 bits per heavy atom. The van der Waals surface area contributed by atoms with Crippen LogP contribution in [0, 0.1) is 17.2 Å². The molecule has 0 spiro atoms. The van der Waals surface area contributed by atoms with E-state index in [-0.39, 0.29) is 17.9 Å². The van der Waals surface area contributed by atoms with Crippen LogP contribution in [-0.4, -0.2) is 49.4 Å². The molecular weight excluding hydrogens is 214 g/mol. The number of hydrogen-bond donors (Lipinski definition) is 0. The van der Waals surface area contributed by atoms with Crippen molar-refractivity contribution in [1.29, 1.82) is 5.26 Å². The fraction of sp³-hybridized carbons (Fsp3) is 0.846. The monoisotopic (exact) mass is 237 g/mol. The molecule has 4 heteroatoms. The molecule has 1 amide bonds. The van der Waals surface area contributed by atoms with E-state index >= 15 is 0 Å². The number of carbonyl (C=O) groups is 1. The van der Waals surface area contributed by atoms with E-state index in [4.69, 9.17) is 0 Å². The third-order valence-electron chi connectivity index (χ3n) is 3.59. The predicted octanol–water partition coefficient (Wildman–Crippen LogP) is 1.48. The Balaban J connectivity index is 2.61. The highest BCUT2D eigenvalue weighted by Gasteiger charge is 2.28. The molecule has 0 saturated heterocycles. The van der Waals surface area contributed by atoms with Gasteiger partial charge in [0.15, 0.2) is 0 Å². The van der Waals surface area contributed by atoms with Gasteiger partial charge in [-0.05, 0) is 19.9 Å². The molecule has 1 rings (SSSR count). The van der Waals surface area contributed by atoms with E-state index in [0.717, 1.165) is 19.3 Å². The summed E-state index contributed by atoms with van der Waals surface area (Å²) in [5, 5.41) is 9.21. The fourth-order valence-corrected chi connectivity index (χ4v) is 2.44. The number of carbonyl (C=O) groups excluding carboxylic acids is 1. The van der Waals surface area contributed by atoms with Gasteiger partial charge in [0.2, 0.25) is 5.91 Å². The minimum absolute atomic E-state index is 0.0810. The van der Waals surface area contributed by atoms with Gasteiger partial charge in [-0.25, -0.2) is 0 Å². The Morgan fingerprint density at radius 1 is 1.24 bits per heavy atom. The third kappa shape index (κ3) is 4.01. The van der Waals surface area contributed by atoms with Crippen LogP contribution in [0.2, 0.25) is 0 Å². The summed E-state index contributed by atoms with van der Waals surface area (Å²) in [5.41, 5.74) is 0. The van der Waals surface area contributed by atoms with E-state index in [1.807, 2.05) is 7.05 Å². The molecule has 1 aliphatic carbocycles. The summed E-state index contributed by atoms with van der Waals surface area (Å²) in [6.07, 6.45) is 5.54. The van der Waals surface area contributed by atoms with Gasteiger partial charge in [0.25, 0.3) is 0 Å². The van der Waals surface area contributed by atoms with Crippen molar-refractivity contribution in [3.8, 4) is 6.07 Å². The minimum atomic E-state index is 0.0810. The van der Waals surface area contributed by atoms with Crippen molar-refractivity contribution in [2.75, 3.05) is 27.7 Å². The smallest absolute Gasteiger partial charge is 0.236 e. The van der Waals surface area contributed by atoms with Crippen LogP contribution in [0.5, 0.6) is 0 Å². The molecule has 0 N–H and O–H groups in total. The molecule has 0 aromatic heterocycles. The summed E-state index contributed by atoms with van der Waals surface area (Å²) in [6.45, 7) is 0.413. The van der Waals surface area contributed by atoms with Gasteiger partial charge in [0.1, 0.15) is 0 Å². The van der Waals surface area contributed by atoms with Gasteiger partial charge in [0, 0.05) is 20.1 Å². The first-order chi connectivity index (χ1) is 8.06. The van der Waals surface area contributed by atoms with Crippen LogP contribution in [0.25, 0.3) is 0 Å². The van der Waals surface area contributed by atoms with E-state index in [9.17, 15) is 10.1 Å². The van der Waals surface area contributed by atoms with Crippen molar-refractivity contribution in [3.05, 3.63) is 0 Å². The molecule has 96 valence electrons. The Bertz CT molecular complexity index is 296. The maximum absolute atomic E-state index is 11.7. The Kier molecular flexibility index (Phi) is 5.43. The average molecular weight is 237 g/mol. The van der Waals surface area contributed by atoms with Gasteiger partial charge in [-0.15, -0.1) is 0 Å². The highest BCUT2D eigenvalue weighted by Crippen LogP contribution is 2.26. The minimum Gasteiger partial charge on any atom is -0.348 e. The number of hydrogen-bond acceptors (Lipinski definition) is 3. The summed E-state index contributed by atoms with van der Waals surface area (Å²) in [4.78, 5) is 15.3. The molecule has 1 fully saturated rings. The Morgan fingerprint density at radius 3 is 2.47 bits per heavy atom. The molecule has 17 heavy (non-hydrogen) atoms. The molecule has 0 radical (unpaired) electrons. The third-order valence-corrected chi connectivity index (χ3v) is 3.59. The lowest BCUT2D eigenvalue weighted by Gasteiger charge is -2.30. The molecule has 0 aromatic carbocycles. The summed E-state index contributed by atoms with van der Waals surface area (Å²) in [7, 11) is 5.50. The van der Waals surface area contributed by atoms with Crippen molar-refractivity contribution < 1.29 is 4.79 Å². The first-order valence-electron chi connectivity index (χ1n) is 6.36. The van der Waals surface area contributed by atoms with Gasteiger partial charge < -0.3 is 4.90 Å². The van der Waals surface area contributed by atoms with Gasteiger partial charge in [-0.1, -0.05) is 19.3 Å². The lowest BCUT2D eigenvalue weighted by atomic mass is 9.95. The molecule has 1 aliphatic rings. The zero-order chi connectivity index (χ0) is 12.8. The number of nitriles is 1. The summed E-state index contributed by atoms with van der Waals surface area (Å²) < 4.78 is 0. The van der Waals surface area contributed by atoms with Crippen molar-refractivity contribution in [3.63, 3.8) is 0 Å². The Hall–Kier alpha value is -1.08. The molecule has 1 saturated carbocycles. The normalized spacial score (nSPS) is 25.1. The zero-order valence-corrected chi connectivity index (χ0v) is 11.1. The van der Waals surface area contributed by atoms with Gasteiger partial charge in [-0.2, -0.15) is 5.26 Å². The van der Waals surface area contributed by atoms with Crippen molar-refractivity contribution in [2.45, 2.75) is 38.1 Å². The number of rotatable bonds is 3. The van der Waals surface area contributed by atoms with E-state index in [1.165, 1.54) is 12.8 Å². The van der Waals surface area contributed by atoms with Crippen molar-refractivity contribution in [2.24, 2.45) is 5.92 Å². The van der Waals surface area contributed by atoms with Crippen LogP contribution in [-0.2, 0) is 4.79 Å². The number of amides is 1. The molecular formula is C13H23N3O. The second-order valence-corrected chi connectivity index (χ2v) is 5.14. The van der Waals surface area contributed by atoms with Gasteiger partial charge in [-0.3, -0.25) is 9.69 Å². The van der Waals surface area contributed by atoms with E-state index in [2.05, 4.69) is 11.0 Å². The van der Waals surface area contributed by atoms with Crippen LogP contribution in [0.15, 0.2) is 0 Å². The van der Waals surface area contributed by atoms with E-state index < -0.39 is 0 Å². The first-order valence-corrected chi connectivity index (χ1v) is 6.36. The standard InChI is InChI=1S/C13H23N3O/c1-15(2)13(17)10-16(3)12-8-6-4-5-7-11(12)9-14/h11-12H,4-8,10H2,1-3H3. The largest absolute Gasteiger partial charge is 0.348 e. The summed E-state index contributed by atoms with van der Waals surface area (Å²) in [5.74, 6) is 0.186. The van der Waals surface area contributed by atoms with Crippen molar-refractivity contribution in [1.82, 2.24) is 9.80 Å².